The lowest BCUT2D eigenvalue weighted by atomic mass is 9.32. The highest BCUT2D eigenvalue weighted by molar-refractivity contribution is 7.09. The number of ether oxygens (including phenoxy) is 1. The molecule has 9 heteroatoms. The number of esters is 1. The molecule has 5 aliphatic carbocycles. The van der Waals surface area contributed by atoms with Crippen LogP contribution < -0.4 is 5.32 Å². The predicted molar refractivity (Wildman–Crippen MR) is 185 cm³/mol. The highest BCUT2D eigenvalue weighted by atomic mass is 32.1. The molecule has 0 saturated heterocycles. The van der Waals surface area contributed by atoms with E-state index in [0.29, 0.717) is 36.6 Å². The van der Waals surface area contributed by atoms with E-state index in [1.54, 1.807) is 19.4 Å². The molecule has 0 unspecified atom stereocenters. The van der Waals surface area contributed by atoms with Crippen molar-refractivity contribution >= 4 is 29.2 Å². The normalized spacial score (nSPS) is 41.5. The van der Waals surface area contributed by atoms with Gasteiger partial charge in [0.15, 0.2) is 0 Å². The molecule has 0 spiro atoms. The zero-order valence-corrected chi connectivity index (χ0v) is 31.0. The smallest absolute Gasteiger partial charge is 0.309 e. The van der Waals surface area contributed by atoms with E-state index in [1.165, 1.54) is 17.8 Å². The van der Waals surface area contributed by atoms with E-state index >= 15 is 0 Å². The number of hydrogen-bond donors (Lipinski definition) is 2. The number of aliphatic carboxylic acids is 1. The number of terminal acetylenes is 1. The SMILES string of the molecule is C#C[C@@H]1CC[C@]2(CC(=O)NCc3nncs3)CC[C@]3(C)[C@H](CC[C@@H]4[C@@]5(C)CC[C@H](OC(=O)CC(C)(C)C(=O)O)C(C)(C)[C@@H]5CC[C@]43C)[C@@H]12. The van der Waals surface area contributed by atoms with Crippen LogP contribution in [0.1, 0.15) is 131 Å². The van der Waals surface area contributed by atoms with Crippen molar-refractivity contribution in [3.63, 3.8) is 0 Å². The van der Waals surface area contributed by atoms with E-state index in [4.69, 9.17) is 11.2 Å². The van der Waals surface area contributed by atoms with Gasteiger partial charge in [0.25, 0.3) is 0 Å². The summed E-state index contributed by atoms with van der Waals surface area (Å²) in [5, 5.41) is 21.5. The van der Waals surface area contributed by atoms with Gasteiger partial charge in [-0.1, -0.05) is 34.6 Å². The second kappa shape index (κ2) is 12.1. The van der Waals surface area contributed by atoms with E-state index in [-0.39, 0.29) is 51.4 Å². The molecule has 0 bridgehead atoms. The first-order valence-corrected chi connectivity index (χ1v) is 19.2. The van der Waals surface area contributed by atoms with E-state index in [1.807, 2.05) is 0 Å². The first kappa shape index (κ1) is 35.4. The second-order valence-corrected chi connectivity index (χ2v) is 19.3. The summed E-state index contributed by atoms with van der Waals surface area (Å²) in [5.74, 6) is 3.99. The molecule has 0 aromatic carbocycles. The van der Waals surface area contributed by atoms with Crippen LogP contribution in [0.15, 0.2) is 5.51 Å². The zero-order chi connectivity index (χ0) is 34.9. The summed E-state index contributed by atoms with van der Waals surface area (Å²) in [6.07, 6.45) is 17.1. The molecule has 5 fully saturated rings. The average Bonchev–Trinajstić information content (AvgIpc) is 3.66. The fourth-order valence-corrected chi connectivity index (χ4v) is 13.3. The van der Waals surface area contributed by atoms with Gasteiger partial charge < -0.3 is 15.2 Å². The number of hydrogen-bond acceptors (Lipinski definition) is 7. The van der Waals surface area contributed by atoms with Gasteiger partial charge in [-0.3, -0.25) is 14.4 Å². The van der Waals surface area contributed by atoms with Crippen molar-refractivity contribution in [2.75, 3.05) is 0 Å². The number of nitrogens with zero attached hydrogens (tertiary/aromatic N) is 2. The Morgan fingerprint density at radius 3 is 2.42 bits per heavy atom. The summed E-state index contributed by atoms with van der Waals surface area (Å²) < 4.78 is 6.15. The van der Waals surface area contributed by atoms with Gasteiger partial charge in [0.05, 0.1) is 18.4 Å². The van der Waals surface area contributed by atoms with Gasteiger partial charge in [-0.05, 0) is 123 Å². The van der Waals surface area contributed by atoms with Gasteiger partial charge in [0, 0.05) is 17.8 Å². The highest BCUT2D eigenvalue weighted by Crippen LogP contribution is 2.77. The van der Waals surface area contributed by atoms with Crippen LogP contribution in [0, 0.1) is 74.4 Å². The first-order chi connectivity index (χ1) is 22.4. The molecule has 5 saturated carbocycles. The lowest BCUT2D eigenvalue weighted by Gasteiger charge is -2.73. The number of carboxylic acid groups (broad SMARTS) is 1. The Kier molecular flexibility index (Phi) is 8.91. The van der Waals surface area contributed by atoms with Crippen LogP contribution in [0.25, 0.3) is 0 Å². The van der Waals surface area contributed by atoms with Gasteiger partial charge in [-0.25, -0.2) is 0 Å². The maximum Gasteiger partial charge on any atom is 0.309 e. The lowest BCUT2D eigenvalue weighted by Crippen LogP contribution is -2.66. The van der Waals surface area contributed by atoms with Crippen molar-refractivity contribution in [3.05, 3.63) is 10.5 Å². The Bertz CT molecular complexity index is 1470. The van der Waals surface area contributed by atoms with Crippen molar-refractivity contribution in [2.45, 2.75) is 138 Å². The first-order valence-electron chi connectivity index (χ1n) is 18.3. The van der Waals surface area contributed by atoms with Crippen LogP contribution in [0.4, 0.5) is 0 Å². The summed E-state index contributed by atoms with van der Waals surface area (Å²) in [4.78, 5) is 38.2. The number of carbonyl (C=O) groups is 3. The number of carbonyl (C=O) groups excluding carboxylic acids is 2. The molecule has 8 nitrogen and oxygen atoms in total. The summed E-state index contributed by atoms with van der Waals surface area (Å²) in [5.41, 5.74) is 0.702. The van der Waals surface area contributed by atoms with Crippen LogP contribution in [0.3, 0.4) is 0 Å². The molecule has 0 aliphatic heterocycles. The molecular formula is C39H57N3O5S. The second-order valence-electron chi connectivity index (χ2n) is 18.4. The number of rotatable bonds is 8. The van der Waals surface area contributed by atoms with Crippen molar-refractivity contribution in [3.8, 4) is 12.3 Å². The van der Waals surface area contributed by atoms with E-state index in [9.17, 15) is 19.5 Å². The monoisotopic (exact) mass is 679 g/mol. The van der Waals surface area contributed by atoms with Crippen LogP contribution >= 0.6 is 11.3 Å². The van der Waals surface area contributed by atoms with Crippen LogP contribution in [0.2, 0.25) is 0 Å². The van der Waals surface area contributed by atoms with Crippen molar-refractivity contribution in [1.29, 1.82) is 0 Å². The Balaban J connectivity index is 1.22. The maximum atomic E-state index is 13.5. The number of aromatic nitrogens is 2. The number of nitrogens with one attached hydrogen (secondary N) is 1. The fourth-order valence-electron chi connectivity index (χ4n) is 12.9. The largest absolute Gasteiger partial charge is 0.481 e. The maximum absolute atomic E-state index is 13.5. The van der Waals surface area contributed by atoms with Gasteiger partial charge in [0.1, 0.15) is 16.6 Å². The molecule has 10 atom stereocenters. The van der Waals surface area contributed by atoms with Gasteiger partial charge in [-0.15, -0.1) is 33.9 Å². The van der Waals surface area contributed by atoms with Gasteiger partial charge >= 0.3 is 11.9 Å². The predicted octanol–water partition coefficient (Wildman–Crippen LogP) is 7.67. The minimum Gasteiger partial charge on any atom is -0.481 e. The average molecular weight is 680 g/mol. The summed E-state index contributed by atoms with van der Waals surface area (Å²) in [7, 11) is 0. The molecule has 1 heterocycles. The summed E-state index contributed by atoms with van der Waals surface area (Å²) in [6.45, 7) is 15.9. The standard InChI is InChI=1S/C39H57N3O5S/c1-9-24-12-17-39(20-29(43)40-22-30-42-41-23-48-30)19-18-37(7)25(32(24)39)10-11-27-36(6)15-14-28(47-31(44)21-34(2,3)33(45)46)35(4,5)26(36)13-16-38(27,37)8/h1,23-28,32H,10-22H2,2-8H3,(H,40,43)(H,45,46)/t24-,25-,26+,27-,28+,32-,36+,37-,38-,39-/m1/s1. The Morgan fingerprint density at radius 1 is 1.00 bits per heavy atom. The minimum absolute atomic E-state index is 0.0458. The summed E-state index contributed by atoms with van der Waals surface area (Å²) in [6, 6.07) is 0. The molecule has 1 aromatic rings. The van der Waals surface area contributed by atoms with Crippen molar-refractivity contribution < 1.29 is 24.2 Å². The molecule has 5 aliphatic rings. The lowest BCUT2D eigenvalue weighted by molar-refractivity contribution is -0.250. The quantitative estimate of drug-likeness (QED) is 0.214. The third-order valence-electron chi connectivity index (χ3n) is 15.6. The minimum atomic E-state index is -1.15. The molecule has 1 amide bonds. The number of carboxylic acids is 1. The fraction of sp³-hybridized carbons (Fsp3) is 0.821. The molecule has 264 valence electrons. The Hall–Kier alpha value is -2.47. The van der Waals surface area contributed by atoms with Crippen LogP contribution in [-0.4, -0.2) is 39.3 Å². The Labute approximate surface area is 291 Å². The molecule has 0 radical (unpaired) electrons. The van der Waals surface area contributed by atoms with Gasteiger partial charge in [0.2, 0.25) is 5.91 Å². The zero-order valence-electron chi connectivity index (χ0n) is 30.2. The van der Waals surface area contributed by atoms with Crippen LogP contribution in [-0.2, 0) is 25.7 Å². The topological polar surface area (TPSA) is 118 Å². The van der Waals surface area contributed by atoms with E-state index in [2.05, 4.69) is 56.1 Å². The molecule has 48 heavy (non-hydrogen) atoms. The molecule has 2 N–H and O–H groups in total. The van der Waals surface area contributed by atoms with E-state index in [0.717, 1.165) is 62.8 Å². The third kappa shape index (κ3) is 5.42. The Morgan fingerprint density at radius 2 is 1.75 bits per heavy atom. The number of amides is 1. The summed E-state index contributed by atoms with van der Waals surface area (Å²) >= 11 is 1.46. The number of fused-ring (bicyclic) bond motifs is 7. The highest BCUT2D eigenvalue weighted by Gasteiger charge is 2.71. The van der Waals surface area contributed by atoms with Crippen molar-refractivity contribution in [2.24, 2.45) is 62.1 Å². The molecular weight excluding hydrogens is 623 g/mol. The molecule has 6 rings (SSSR count). The molecule has 1 aromatic heterocycles. The van der Waals surface area contributed by atoms with Crippen molar-refractivity contribution in [1.82, 2.24) is 15.5 Å². The van der Waals surface area contributed by atoms with Gasteiger partial charge in [-0.2, -0.15) is 0 Å². The third-order valence-corrected chi connectivity index (χ3v) is 16.3. The van der Waals surface area contributed by atoms with Crippen LogP contribution in [0.5, 0.6) is 0 Å². The van der Waals surface area contributed by atoms with E-state index < -0.39 is 17.4 Å².